The highest BCUT2D eigenvalue weighted by Gasteiger charge is 2.30. The number of sulfone groups is 1. The smallest absolute Gasteiger partial charge is 0.341 e. The van der Waals surface area contributed by atoms with Crippen molar-refractivity contribution in [2.24, 2.45) is 10.9 Å². The van der Waals surface area contributed by atoms with Gasteiger partial charge in [0.05, 0.1) is 34.6 Å². The summed E-state index contributed by atoms with van der Waals surface area (Å²) in [5, 5.41) is 2.84. The molecule has 0 bridgehead atoms. The highest BCUT2D eigenvalue weighted by atomic mass is 32.2. The van der Waals surface area contributed by atoms with E-state index >= 15 is 0 Å². The van der Waals surface area contributed by atoms with Crippen LogP contribution >= 0.6 is 22.7 Å². The van der Waals surface area contributed by atoms with Crippen molar-refractivity contribution in [1.82, 2.24) is 4.57 Å². The maximum absolute atomic E-state index is 12.8. The van der Waals surface area contributed by atoms with Crippen LogP contribution in [0.5, 0.6) is 0 Å². The Bertz CT molecular complexity index is 1720. The quantitative estimate of drug-likeness (QED) is 0.331. The second-order valence-electron chi connectivity index (χ2n) is 9.89. The molecule has 0 radical (unpaired) electrons. The third kappa shape index (κ3) is 7.16. The van der Waals surface area contributed by atoms with Crippen LogP contribution in [0.25, 0.3) is 10.2 Å². The van der Waals surface area contributed by atoms with E-state index in [1.54, 1.807) is 36.6 Å². The molecule has 1 atom stereocenters. The fourth-order valence-corrected chi connectivity index (χ4v) is 8.38. The van der Waals surface area contributed by atoms with Gasteiger partial charge in [-0.1, -0.05) is 18.3 Å². The Morgan fingerprint density at radius 2 is 1.76 bits per heavy atom. The molecule has 0 spiro atoms. The van der Waals surface area contributed by atoms with E-state index in [2.05, 4.69) is 17.2 Å². The number of aromatic nitrogens is 1. The summed E-state index contributed by atoms with van der Waals surface area (Å²) in [5.41, 5.74) is 2.20. The number of fused-ring (bicyclic) bond motifs is 2. The fraction of sp³-hybridized carbons (Fsp3) is 0.464. The van der Waals surface area contributed by atoms with Crippen molar-refractivity contribution >= 4 is 71.5 Å². The Hall–Kier alpha value is -3.36. The lowest BCUT2D eigenvalue weighted by Gasteiger charge is -2.18. The Balaban J connectivity index is 1.51. The van der Waals surface area contributed by atoms with E-state index in [0.717, 1.165) is 40.1 Å². The standard InChI is InChI=1S/C28H33N3O8S3/c1-5-31-19-11-9-17(26(34)38-6-2)13-21(19)41-28(31)30-23(33)15-42(36,37)14-22(32)29-25-24(27(35)39-7-3)18-10-8-16(4)12-20(18)40-25/h9,11,13,16H,5-8,10,12,14-15H2,1-4H3,(H,29,32). The van der Waals surface area contributed by atoms with Crippen molar-refractivity contribution < 1.29 is 37.1 Å². The molecule has 11 nitrogen and oxygen atoms in total. The van der Waals surface area contributed by atoms with Crippen molar-refractivity contribution in [3.63, 3.8) is 0 Å². The number of hydrogen-bond donors (Lipinski definition) is 1. The molecule has 3 aromatic rings. The van der Waals surface area contributed by atoms with Crippen LogP contribution in [-0.4, -0.2) is 61.5 Å². The number of nitrogens with one attached hydrogen (secondary N) is 1. The third-order valence-electron chi connectivity index (χ3n) is 6.67. The molecule has 2 amide bonds. The fourth-order valence-electron chi connectivity index (χ4n) is 4.80. The summed E-state index contributed by atoms with van der Waals surface area (Å²) in [4.78, 5) is 55.6. The molecule has 226 valence electrons. The number of thiazole rings is 1. The summed E-state index contributed by atoms with van der Waals surface area (Å²) in [6.45, 7) is 8.21. The minimum absolute atomic E-state index is 0.164. The number of aryl methyl sites for hydroxylation is 1. The summed E-state index contributed by atoms with van der Waals surface area (Å²) >= 11 is 2.40. The number of carbonyl (C=O) groups is 4. The Kier molecular flexibility index (Phi) is 10.00. The van der Waals surface area contributed by atoms with Gasteiger partial charge in [-0.2, -0.15) is 4.99 Å². The van der Waals surface area contributed by atoms with Gasteiger partial charge in [0, 0.05) is 11.4 Å². The number of rotatable bonds is 10. The average Bonchev–Trinajstić information content (AvgIpc) is 3.43. The van der Waals surface area contributed by atoms with Crippen molar-refractivity contribution in [2.45, 2.75) is 53.5 Å². The second kappa shape index (κ2) is 13.3. The lowest BCUT2D eigenvalue weighted by molar-refractivity contribution is -0.115. The topological polar surface area (TPSA) is 150 Å². The molecule has 0 aliphatic heterocycles. The molecule has 2 aromatic heterocycles. The first-order chi connectivity index (χ1) is 20.0. The highest BCUT2D eigenvalue weighted by Crippen LogP contribution is 2.40. The minimum atomic E-state index is -4.18. The number of anilines is 1. The molecule has 2 heterocycles. The molecular weight excluding hydrogens is 603 g/mol. The lowest BCUT2D eigenvalue weighted by Crippen LogP contribution is -2.28. The summed E-state index contributed by atoms with van der Waals surface area (Å²) in [5.74, 6) is -4.28. The van der Waals surface area contributed by atoms with Crippen LogP contribution in [0.4, 0.5) is 5.00 Å². The van der Waals surface area contributed by atoms with Crippen molar-refractivity contribution in [3.8, 4) is 0 Å². The zero-order valence-electron chi connectivity index (χ0n) is 23.9. The van der Waals surface area contributed by atoms with Crippen molar-refractivity contribution in [3.05, 3.63) is 44.6 Å². The summed E-state index contributed by atoms with van der Waals surface area (Å²) in [6, 6.07) is 4.98. The normalized spacial score (nSPS) is 15.3. The van der Waals surface area contributed by atoms with E-state index in [1.165, 1.54) is 11.3 Å². The molecule has 4 rings (SSSR count). The van der Waals surface area contributed by atoms with Crippen LogP contribution in [0.2, 0.25) is 0 Å². The molecule has 42 heavy (non-hydrogen) atoms. The van der Waals surface area contributed by atoms with E-state index in [9.17, 15) is 27.6 Å². The molecule has 1 aromatic carbocycles. The lowest BCUT2D eigenvalue weighted by atomic mass is 9.88. The van der Waals surface area contributed by atoms with Gasteiger partial charge in [-0.3, -0.25) is 9.59 Å². The minimum Gasteiger partial charge on any atom is -0.462 e. The predicted octanol–water partition coefficient (Wildman–Crippen LogP) is 3.74. The predicted molar refractivity (Wildman–Crippen MR) is 161 cm³/mol. The summed E-state index contributed by atoms with van der Waals surface area (Å²) in [7, 11) is -4.18. The molecule has 0 saturated carbocycles. The number of carbonyl (C=O) groups excluding carboxylic acids is 4. The van der Waals surface area contributed by atoms with Gasteiger partial charge in [-0.15, -0.1) is 11.3 Å². The maximum Gasteiger partial charge on any atom is 0.341 e. The van der Waals surface area contributed by atoms with E-state index < -0.39 is 45.1 Å². The highest BCUT2D eigenvalue weighted by molar-refractivity contribution is 7.92. The zero-order valence-corrected chi connectivity index (χ0v) is 26.3. The Labute approximate surface area is 251 Å². The number of nitrogens with zero attached hydrogens (tertiary/aromatic N) is 2. The van der Waals surface area contributed by atoms with Gasteiger partial charge < -0.3 is 19.4 Å². The molecule has 1 aliphatic rings. The molecule has 1 aliphatic carbocycles. The maximum atomic E-state index is 12.8. The monoisotopic (exact) mass is 635 g/mol. The largest absolute Gasteiger partial charge is 0.462 e. The molecule has 1 N–H and O–H groups in total. The van der Waals surface area contributed by atoms with Crippen LogP contribution in [0.15, 0.2) is 23.2 Å². The first-order valence-corrected chi connectivity index (χ1v) is 17.1. The average molecular weight is 636 g/mol. The number of ether oxygens (including phenoxy) is 2. The van der Waals surface area contributed by atoms with Crippen LogP contribution in [-0.2, 0) is 48.3 Å². The van der Waals surface area contributed by atoms with Crippen LogP contribution in [0, 0.1) is 5.92 Å². The third-order valence-corrected chi connectivity index (χ3v) is 10.3. The first kappa shape index (κ1) is 31.6. The van der Waals surface area contributed by atoms with Crippen molar-refractivity contribution in [2.75, 3.05) is 30.0 Å². The van der Waals surface area contributed by atoms with Gasteiger partial charge in [-0.25, -0.2) is 18.0 Å². The number of thiophene rings is 1. The van der Waals surface area contributed by atoms with Gasteiger partial charge in [0.1, 0.15) is 16.5 Å². The van der Waals surface area contributed by atoms with Gasteiger partial charge in [0.15, 0.2) is 14.6 Å². The molecule has 0 fully saturated rings. The number of hydrogen-bond acceptors (Lipinski definition) is 10. The van der Waals surface area contributed by atoms with Gasteiger partial charge >= 0.3 is 11.9 Å². The SMILES string of the molecule is CCOC(=O)c1ccc2c(c1)sc(=NC(=O)CS(=O)(=O)CC(=O)Nc1sc3c(c1C(=O)OCC)CCC(C)C3)n2CC. The number of esters is 2. The molecule has 1 unspecified atom stereocenters. The zero-order chi connectivity index (χ0) is 30.6. The molecule has 0 saturated heterocycles. The van der Waals surface area contributed by atoms with Gasteiger partial charge in [0.25, 0.3) is 5.91 Å². The second-order valence-corrected chi connectivity index (χ2v) is 14.1. The Morgan fingerprint density at radius 3 is 2.45 bits per heavy atom. The van der Waals surface area contributed by atoms with Crippen LogP contribution in [0.3, 0.4) is 0 Å². The summed E-state index contributed by atoms with van der Waals surface area (Å²) < 4.78 is 38.3. The summed E-state index contributed by atoms with van der Waals surface area (Å²) in [6.07, 6.45) is 2.33. The number of benzene rings is 1. The molecular formula is C28H33N3O8S3. The van der Waals surface area contributed by atoms with E-state index in [0.29, 0.717) is 29.1 Å². The van der Waals surface area contributed by atoms with E-state index in [-0.39, 0.29) is 28.6 Å². The van der Waals surface area contributed by atoms with Crippen molar-refractivity contribution in [1.29, 1.82) is 0 Å². The van der Waals surface area contributed by atoms with Crippen LogP contribution in [0.1, 0.15) is 65.3 Å². The van der Waals surface area contributed by atoms with Gasteiger partial charge in [0.2, 0.25) is 5.91 Å². The van der Waals surface area contributed by atoms with Crippen LogP contribution < -0.4 is 10.1 Å². The van der Waals surface area contributed by atoms with Gasteiger partial charge in [-0.05, 0) is 69.7 Å². The molecule has 14 heteroatoms. The van der Waals surface area contributed by atoms with E-state index in [4.69, 9.17) is 9.47 Å². The van der Waals surface area contributed by atoms with E-state index in [1.807, 2.05) is 6.92 Å². The first-order valence-electron chi connectivity index (χ1n) is 13.7. The Morgan fingerprint density at radius 1 is 1.05 bits per heavy atom. The number of amides is 2.